The summed E-state index contributed by atoms with van der Waals surface area (Å²) in [6.45, 7) is 5.34. The molecule has 1 saturated heterocycles. The number of rotatable bonds is 6. The molecule has 1 amide bonds. The summed E-state index contributed by atoms with van der Waals surface area (Å²) >= 11 is 0. The largest absolute Gasteiger partial charge is 0.325 e. The number of nitrogens with zero attached hydrogens (tertiary/aromatic N) is 2. The van der Waals surface area contributed by atoms with Crippen LogP contribution in [-0.4, -0.2) is 57.9 Å². The zero-order valence-corrected chi connectivity index (χ0v) is 19.2. The van der Waals surface area contributed by atoms with Crippen molar-refractivity contribution in [2.45, 2.75) is 19.0 Å². The summed E-state index contributed by atoms with van der Waals surface area (Å²) in [5.74, 6) is -0.0478. The first kappa shape index (κ1) is 22.1. The van der Waals surface area contributed by atoms with Gasteiger partial charge in [0.05, 0.1) is 23.1 Å². The number of amides is 1. The minimum atomic E-state index is -0.256. The van der Waals surface area contributed by atoms with Crippen molar-refractivity contribution in [3.63, 3.8) is 0 Å². The molecule has 0 aliphatic carbocycles. The number of H-pyrrole nitrogens is 2. The van der Waals surface area contributed by atoms with E-state index in [4.69, 9.17) is 0 Å². The average molecular weight is 456 g/mol. The van der Waals surface area contributed by atoms with Crippen molar-refractivity contribution in [2.24, 2.45) is 0 Å². The van der Waals surface area contributed by atoms with Crippen LogP contribution in [0.1, 0.15) is 24.1 Å². The Balaban J connectivity index is 1.25. The average Bonchev–Trinajstić information content (AvgIpc) is 3.25. The van der Waals surface area contributed by atoms with Crippen molar-refractivity contribution in [2.75, 3.05) is 31.5 Å². The Kier molecular flexibility index (Phi) is 6.29. The van der Waals surface area contributed by atoms with Gasteiger partial charge in [-0.25, -0.2) is 4.79 Å². The van der Waals surface area contributed by atoms with Crippen molar-refractivity contribution < 1.29 is 4.79 Å². The van der Waals surface area contributed by atoms with Gasteiger partial charge in [-0.05, 0) is 36.2 Å². The summed E-state index contributed by atoms with van der Waals surface area (Å²) < 4.78 is 0. The SMILES string of the molecule is C[C@H](C(=O)Nc1ccc2[nH]c(=O)[nH]c2c1)N1CCN(C(c2ccccc2)c2ccccc2)CC1. The highest BCUT2D eigenvalue weighted by molar-refractivity contribution is 5.96. The summed E-state index contributed by atoms with van der Waals surface area (Å²) in [4.78, 5) is 34.6. The second-order valence-corrected chi connectivity index (χ2v) is 8.80. The molecule has 7 heteroatoms. The lowest BCUT2D eigenvalue weighted by atomic mass is 9.96. The van der Waals surface area contributed by atoms with Gasteiger partial charge in [0, 0.05) is 31.9 Å². The molecule has 3 N–H and O–H groups in total. The van der Waals surface area contributed by atoms with Gasteiger partial charge >= 0.3 is 5.69 Å². The van der Waals surface area contributed by atoms with Crippen molar-refractivity contribution >= 4 is 22.6 Å². The minimum Gasteiger partial charge on any atom is -0.325 e. The fraction of sp³-hybridized carbons (Fsp3) is 0.259. The van der Waals surface area contributed by atoms with Gasteiger partial charge in [-0.2, -0.15) is 0 Å². The first-order chi connectivity index (χ1) is 16.6. The van der Waals surface area contributed by atoms with Crippen LogP contribution in [0, 0.1) is 0 Å². The highest BCUT2D eigenvalue weighted by Crippen LogP contribution is 2.29. The molecule has 1 aromatic heterocycles. The molecular formula is C27H29N5O2. The highest BCUT2D eigenvalue weighted by Gasteiger charge is 2.30. The third-order valence-corrected chi connectivity index (χ3v) is 6.66. The molecule has 34 heavy (non-hydrogen) atoms. The van der Waals surface area contributed by atoms with Crippen LogP contribution in [-0.2, 0) is 4.79 Å². The number of anilines is 1. The summed E-state index contributed by atoms with van der Waals surface area (Å²) in [6, 6.07) is 26.5. The zero-order chi connectivity index (χ0) is 23.5. The third-order valence-electron chi connectivity index (χ3n) is 6.66. The predicted molar refractivity (Wildman–Crippen MR) is 135 cm³/mol. The summed E-state index contributed by atoms with van der Waals surface area (Å²) in [6.07, 6.45) is 0. The van der Waals surface area contributed by atoms with Crippen molar-refractivity contribution in [3.8, 4) is 0 Å². The number of hydrogen-bond acceptors (Lipinski definition) is 4. The zero-order valence-electron chi connectivity index (χ0n) is 19.2. The number of hydrogen-bond donors (Lipinski definition) is 3. The lowest BCUT2D eigenvalue weighted by Crippen LogP contribution is -2.53. The molecule has 0 unspecified atom stereocenters. The van der Waals surface area contributed by atoms with Crippen LogP contribution in [0.15, 0.2) is 83.7 Å². The van der Waals surface area contributed by atoms with Gasteiger partial charge in [-0.3, -0.25) is 14.6 Å². The Morgan fingerprint density at radius 2 is 1.35 bits per heavy atom. The first-order valence-corrected chi connectivity index (χ1v) is 11.7. The molecule has 5 rings (SSSR count). The van der Waals surface area contributed by atoms with E-state index in [1.165, 1.54) is 11.1 Å². The van der Waals surface area contributed by atoms with Gasteiger partial charge in [0.2, 0.25) is 5.91 Å². The molecular weight excluding hydrogens is 426 g/mol. The Morgan fingerprint density at radius 1 is 0.794 bits per heavy atom. The molecule has 1 atom stereocenters. The van der Waals surface area contributed by atoms with Crippen LogP contribution in [0.3, 0.4) is 0 Å². The fourth-order valence-electron chi connectivity index (χ4n) is 4.79. The number of carbonyl (C=O) groups excluding carboxylic acids is 1. The van der Waals surface area contributed by atoms with Gasteiger partial charge in [-0.15, -0.1) is 0 Å². The van der Waals surface area contributed by atoms with Crippen LogP contribution in [0.4, 0.5) is 5.69 Å². The van der Waals surface area contributed by atoms with Crippen LogP contribution in [0.5, 0.6) is 0 Å². The molecule has 1 fully saturated rings. The molecule has 4 aromatic rings. The third kappa shape index (κ3) is 4.66. The van der Waals surface area contributed by atoms with Crippen LogP contribution in [0.25, 0.3) is 11.0 Å². The number of aromatic nitrogens is 2. The Morgan fingerprint density at radius 3 is 1.97 bits per heavy atom. The number of carbonyl (C=O) groups is 1. The van der Waals surface area contributed by atoms with Gasteiger partial charge < -0.3 is 15.3 Å². The smallest absolute Gasteiger partial charge is 0.323 e. The number of aromatic amines is 2. The Hall–Kier alpha value is -3.68. The predicted octanol–water partition coefficient (Wildman–Crippen LogP) is 3.59. The van der Waals surface area contributed by atoms with Gasteiger partial charge in [0.15, 0.2) is 0 Å². The molecule has 0 saturated carbocycles. The Labute approximate surface area is 198 Å². The molecule has 0 bridgehead atoms. The number of piperazine rings is 1. The number of fused-ring (bicyclic) bond motifs is 1. The van der Waals surface area contributed by atoms with E-state index in [-0.39, 0.29) is 23.7 Å². The van der Waals surface area contributed by atoms with E-state index >= 15 is 0 Å². The van der Waals surface area contributed by atoms with E-state index in [0.29, 0.717) is 11.2 Å². The maximum atomic E-state index is 13.0. The molecule has 0 spiro atoms. The number of imidazole rings is 1. The normalized spacial score (nSPS) is 16.1. The molecule has 1 aliphatic rings. The highest BCUT2D eigenvalue weighted by atomic mass is 16.2. The van der Waals surface area contributed by atoms with Crippen LogP contribution >= 0.6 is 0 Å². The van der Waals surface area contributed by atoms with Crippen LogP contribution in [0.2, 0.25) is 0 Å². The molecule has 0 radical (unpaired) electrons. The maximum Gasteiger partial charge on any atom is 0.323 e. The number of benzene rings is 3. The van der Waals surface area contributed by atoms with Crippen molar-refractivity contribution in [3.05, 3.63) is 100 Å². The van der Waals surface area contributed by atoms with E-state index in [0.717, 1.165) is 31.7 Å². The lowest BCUT2D eigenvalue weighted by Gasteiger charge is -2.41. The standard InChI is InChI=1S/C27H29N5O2/c1-19(26(33)28-22-12-13-23-24(18-22)30-27(34)29-23)31-14-16-32(17-15-31)25(20-8-4-2-5-9-20)21-10-6-3-7-11-21/h2-13,18-19,25H,14-17H2,1H3,(H,28,33)(H2,29,30,34)/t19-/m1/s1. The van der Waals surface area contributed by atoms with E-state index in [2.05, 4.69) is 85.7 Å². The van der Waals surface area contributed by atoms with Gasteiger partial charge in [0.1, 0.15) is 0 Å². The summed E-state index contributed by atoms with van der Waals surface area (Å²) in [5.41, 5.74) is 4.38. The van der Waals surface area contributed by atoms with Gasteiger partial charge in [-0.1, -0.05) is 60.7 Å². The first-order valence-electron chi connectivity index (χ1n) is 11.7. The molecule has 2 heterocycles. The topological polar surface area (TPSA) is 84.2 Å². The fourth-order valence-corrected chi connectivity index (χ4v) is 4.79. The number of nitrogens with one attached hydrogen (secondary N) is 3. The summed E-state index contributed by atoms with van der Waals surface area (Å²) in [5, 5.41) is 3.00. The lowest BCUT2D eigenvalue weighted by molar-refractivity contribution is -0.121. The second kappa shape index (κ2) is 9.67. The van der Waals surface area contributed by atoms with E-state index < -0.39 is 0 Å². The quantitative estimate of drug-likeness (QED) is 0.415. The molecule has 174 valence electrons. The molecule has 1 aliphatic heterocycles. The second-order valence-electron chi connectivity index (χ2n) is 8.80. The van der Waals surface area contributed by atoms with Crippen LogP contribution < -0.4 is 11.0 Å². The molecule has 7 nitrogen and oxygen atoms in total. The van der Waals surface area contributed by atoms with E-state index in [9.17, 15) is 9.59 Å². The minimum absolute atomic E-state index is 0.0478. The van der Waals surface area contributed by atoms with Gasteiger partial charge in [0.25, 0.3) is 0 Å². The van der Waals surface area contributed by atoms with Crippen molar-refractivity contribution in [1.82, 2.24) is 19.8 Å². The molecule has 3 aromatic carbocycles. The summed E-state index contributed by atoms with van der Waals surface area (Å²) in [7, 11) is 0. The maximum absolute atomic E-state index is 13.0. The monoisotopic (exact) mass is 455 g/mol. The van der Waals surface area contributed by atoms with E-state index in [1.807, 2.05) is 6.92 Å². The van der Waals surface area contributed by atoms with Crippen molar-refractivity contribution in [1.29, 1.82) is 0 Å². The van der Waals surface area contributed by atoms with E-state index in [1.54, 1.807) is 18.2 Å². The Bertz CT molecular complexity index is 1270.